The summed E-state index contributed by atoms with van der Waals surface area (Å²) in [5.41, 5.74) is 9.46. The molecule has 1 aromatic rings. The SMILES string of the molecule is CCOc1c(C)cc(Cl)c(C)c1C(CC)CCC(C)N. The van der Waals surface area contributed by atoms with E-state index in [4.69, 9.17) is 22.1 Å². The van der Waals surface area contributed by atoms with Gasteiger partial charge in [-0.05, 0) is 70.1 Å². The highest BCUT2D eigenvalue weighted by Gasteiger charge is 2.21. The van der Waals surface area contributed by atoms with Crippen LogP contribution < -0.4 is 10.5 Å². The second-order valence-corrected chi connectivity index (χ2v) is 6.04. The molecule has 0 aliphatic heterocycles. The maximum absolute atomic E-state index is 6.37. The van der Waals surface area contributed by atoms with Gasteiger partial charge in [0.25, 0.3) is 0 Å². The fourth-order valence-corrected chi connectivity index (χ4v) is 2.98. The number of hydrogen-bond acceptors (Lipinski definition) is 2. The molecule has 0 aliphatic carbocycles. The summed E-state index contributed by atoms with van der Waals surface area (Å²) in [6.45, 7) is 11.1. The van der Waals surface area contributed by atoms with E-state index in [0.29, 0.717) is 12.5 Å². The molecule has 0 amide bonds. The van der Waals surface area contributed by atoms with Gasteiger partial charge >= 0.3 is 0 Å². The molecule has 114 valence electrons. The molecule has 2 N–H and O–H groups in total. The molecular weight excluding hydrogens is 270 g/mol. The Morgan fingerprint density at radius 3 is 2.40 bits per heavy atom. The summed E-state index contributed by atoms with van der Waals surface area (Å²) in [6.07, 6.45) is 3.18. The molecule has 1 aromatic carbocycles. The lowest BCUT2D eigenvalue weighted by Gasteiger charge is -2.24. The maximum Gasteiger partial charge on any atom is 0.126 e. The van der Waals surface area contributed by atoms with Gasteiger partial charge in [0.05, 0.1) is 6.61 Å². The van der Waals surface area contributed by atoms with Gasteiger partial charge in [-0.25, -0.2) is 0 Å². The zero-order valence-electron chi connectivity index (χ0n) is 13.4. The number of hydrogen-bond donors (Lipinski definition) is 1. The topological polar surface area (TPSA) is 35.2 Å². The van der Waals surface area contributed by atoms with Crippen molar-refractivity contribution >= 4 is 11.6 Å². The monoisotopic (exact) mass is 297 g/mol. The smallest absolute Gasteiger partial charge is 0.126 e. The molecule has 0 radical (unpaired) electrons. The van der Waals surface area contributed by atoms with Crippen LogP contribution in [0.2, 0.25) is 5.02 Å². The zero-order chi connectivity index (χ0) is 15.3. The molecule has 0 aliphatic rings. The van der Waals surface area contributed by atoms with Gasteiger partial charge in [0, 0.05) is 16.6 Å². The Kier molecular flexibility index (Phi) is 6.84. The third-order valence-electron chi connectivity index (χ3n) is 3.87. The minimum atomic E-state index is 0.236. The number of nitrogens with two attached hydrogens (primary N) is 1. The lowest BCUT2D eigenvalue weighted by molar-refractivity contribution is 0.329. The van der Waals surface area contributed by atoms with Gasteiger partial charge in [-0.3, -0.25) is 0 Å². The van der Waals surface area contributed by atoms with Crippen molar-refractivity contribution < 1.29 is 4.74 Å². The molecule has 0 heterocycles. The van der Waals surface area contributed by atoms with Crippen molar-refractivity contribution in [3.8, 4) is 5.75 Å². The normalized spacial score (nSPS) is 14.2. The van der Waals surface area contributed by atoms with E-state index < -0.39 is 0 Å². The third kappa shape index (κ3) is 4.13. The summed E-state index contributed by atoms with van der Waals surface area (Å²) < 4.78 is 5.90. The molecule has 0 fully saturated rings. The van der Waals surface area contributed by atoms with Gasteiger partial charge in [-0.2, -0.15) is 0 Å². The zero-order valence-corrected chi connectivity index (χ0v) is 14.2. The average Bonchev–Trinajstić information content (AvgIpc) is 2.39. The summed E-state index contributed by atoms with van der Waals surface area (Å²) >= 11 is 6.37. The summed E-state index contributed by atoms with van der Waals surface area (Å²) in [4.78, 5) is 0. The number of benzene rings is 1. The largest absolute Gasteiger partial charge is 0.493 e. The van der Waals surface area contributed by atoms with E-state index in [0.717, 1.165) is 41.2 Å². The minimum absolute atomic E-state index is 0.236. The Hall–Kier alpha value is -0.730. The highest BCUT2D eigenvalue weighted by Crippen LogP contribution is 2.40. The fourth-order valence-electron chi connectivity index (χ4n) is 2.72. The highest BCUT2D eigenvalue weighted by atomic mass is 35.5. The second kappa shape index (κ2) is 7.90. The van der Waals surface area contributed by atoms with E-state index in [1.54, 1.807) is 0 Å². The van der Waals surface area contributed by atoms with Crippen LogP contribution in [0.5, 0.6) is 5.75 Å². The summed E-state index contributed by atoms with van der Waals surface area (Å²) in [7, 11) is 0. The molecule has 0 spiro atoms. The van der Waals surface area contributed by atoms with E-state index in [9.17, 15) is 0 Å². The van der Waals surface area contributed by atoms with Gasteiger partial charge < -0.3 is 10.5 Å². The Balaban J connectivity index is 3.23. The molecule has 2 atom stereocenters. The fraction of sp³-hybridized carbons (Fsp3) is 0.647. The average molecular weight is 298 g/mol. The van der Waals surface area contributed by atoms with Crippen molar-refractivity contribution in [2.45, 2.75) is 65.8 Å². The molecule has 0 saturated carbocycles. The number of halogens is 1. The van der Waals surface area contributed by atoms with Crippen molar-refractivity contribution in [2.24, 2.45) is 5.73 Å². The van der Waals surface area contributed by atoms with Crippen LogP contribution >= 0.6 is 11.6 Å². The molecule has 0 saturated heterocycles. The Labute approximate surface area is 128 Å². The van der Waals surface area contributed by atoms with Gasteiger partial charge in [0.2, 0.25) is 0 Å². The summed E-state index contributed by atoms with van der Waals surface area (Å²) in [5.74, 6) is 1.48. The molecular formula is C17H28ClNO. The molecule has 2 nitrogen and oxygen atoms in total. The molecule has 3 heteroatoms. The first-order valence-corrected chi connectivity index (χ1v) is 7.98. The van der Waals surface area contributed by atoms with E-state index >= 15 is 0 Å². The lowest BCUT2D eigenvalue weighted by atomic mass is 9.86. The molecule has 2 unspecified atom stereocenters. The molecule has 1 rings (SSSR count). The van der Waals surface area contributed by atoms with Gasteiger partial charge in [-0.15, -0.1) is 0 Å². The van der Waals surface area contributed by atoms with Crippen LogP contribution in [0.4, 0.5) is 0 Å². The third-order valence-corrected chi connectivity index (χ3v) is 4.26. The predicted molar refractivity (Wildman–Crippen MR) is 88.0 cm³/mol. The van der Waals surface area contributed by atoms with E-state index in [1.807, 2.05) is 13.0 Å². The van der Waals surface area contributed by atoms with Crippen molar-refractivity contribution in [3.05, 3.63) is 27.8 Å². The van der Waals surface area contributed by atoms with Crippen molar-refractivity contribution in [2.75, 3.05) is 6.61 Å². The predicted octanol–water partition coefficient (Wildman–Crippen LogP) is 4.98. The van der Waals surface area contributed by atoms with E-state index in [-0.39, 0.29) is 6.04 Å². The van der Waals surface area contributed by atoms with Gasteiger partial charge in [-0.1, -0.05) is 18.5 Å². The maximum atomic E-state index is 6.37. The summed E-state index contributed by atoms with van der Waals surface area (Å²) in [6, 6.07) is 2.24. The van der Waals surface area contributed by atoms with Gasteiger partial charge in [0.1, 0.15) is 5.75 Å². The first-order chi connectivity index (χ1) is 9.42. The van der Waals surface area contributed by atoms with E-state index in [2.05, 4.69) is 27.7 Å². The van der Waals surface area contributed by atoms with Crippen LogP contribution in [0, 0.1) is 13.8 Å². The first kappa shape index (κ1) is 17.3. The van der Waals surface area contributed by atoms with Gasteiger partial charge in [0.15, 0.2) is 0 Å². The Morgan fingerprint density at radius 2 is 1.90 bits per heavy atom. The Morgan fingerprint density at radius 1 is 1.25 bits per heavy atom. The van der Waals surface area contributed by atoms with Crippen molar-refractivity contribution in [3.63, 3.8) is 0 Å². The quantitative estimate of drug-likeness (QED) is 0.770. The van der Waals surface area contributed by atoms with Crippen molar-refractivity contribution in [1.82, 2.24) is 0 Å². The standard InChI is InChI=1S/C17H28ClNO/c1-6-14(9-8-12(4)19)16-13(5)15(18)10-11(3)17(16)20-7-2/h10,12,14H,6-9,19H2,1-5H3. The molecule has 0 bridgehead atoms. The number of rotatable bonds is 7. The van der Waals surface area contributed by atoms with Crippen LogP contribution in [-0.4, -0.2) is 12.6 Å². The summed E-state index contributed by atoms with van der Waals surface area (Å²) in [5, 5.41) is 0.834. The van der Waals surface area contributed by atoms with Crippen LogP contribution in [-0.2, 0) is 0 Å². The lowest BCUT2D eigenvalue weighted by Crippen LogP contribution is -2.16. The second-order valence-electron chi connectivity index (χ2n) is 5.64. The van der Waals surface area contributed by atoms with Crippen LogP contribution in [0.25, 0.3) is 0 Å². The van der Waals surface area contributed by atoms with Crippen LogP contribution in [0.1, 0.15) is 62.6 Å². The van der Waals surface area contributed by atoms with Crippen LogP contribution in [0.3, 0.4) is 0 Å². The highest BCUT2D eigenvalue weighted by molar-refractivity contribution is 6.31. The van der Waals surface area contributed by atoms with E-state index in [1.165, 1.54) is 5.56 Å². The first-order valence-electron chi connectivity index (χ1n) is 7.60. The van der Waals surface area contributed by atoms with Crippen molar-refractivity contribution in [1.29, 1.82) is 0 Å². The Bertz CT molecular complexity index is 443. The minimum Gasteiger partial charge on any atom is -0.493 e. The molecule has 0 aromatic heterocycles. The van der Waals surface area contributed by atoms with Crippen LogP contribution in [0.15, 0.2) is 6.07 Å². The number of ether oxygens (including phenoxy) is 1. The number of aryl methyl sites for hydroxylation is 1. The molecule has 20 heavy (non-hydrogen) atoms.